The fourth-order valence-electron chi connectivity index (χ4n) is 1.93. The molecule has 6 heteroatoms. The fraction of sp³-hybridized carbons (Fsp3) is 0.500. The number of carbonyl (C=O) groups excluding carboxylic acids is 1. The molecule has 1 aliphatic carbocycles. The Morgan fingerprint density at radius 2 is 2.05 bits per heavy atom. The summed E-state index contributed by atoms with van der Waals surface area (Å²) in [4.78, 5) is 23.7. The highest BCUT2D eigenvalue weighted by molar-refractivity contribution is 5.78. The summed E-state index contributed by atoms with van der Waals surface area (Å²) in [6.45, 7) is 1.14. The molecule has 1 N–H and O–H groups in total. The molecule has 0 bridgehead atoms. The molecule has 1 aromatic rings. The van der Waals surface area contributed by atoms with Crippen LogP contribution in [0.3, 0.4) is 0 Å². The monoisotopic (exact) mass is 277 g/mol. The number of amides is 1. The highest BCUT2D eigenvalue weighted by Crippen LogP contribution is 2.18. The molecule has 20 heavy (non-hydrogen) atoms. The van der Waals surface area contributed by atoms with Crippen molar-refractivity contribution in [2.75, 3.05) is 20.1 Å². The Kier molecular flexibility index (Phi) is 4.68. The van der Waals surface area contributed by atoms with E-state index in [1.165, 1.54) is 12.1 Å². The maximum atomic E-state index is 11.6. The average molecular weight is 277 g/mol. The van der Waals surface area contributed by atoms with Crippen LogP contribution in [0.25, 0.3) is 0 Å². The van der Waals surface area contributed by atoms with Crippen LogP contribution < -0.4 is 5.32 Å². The van der Waals surface area contributed by atoms with Crippen molar-refractivity contribution < 1.29 is 9.72 Å². The molecule has 0 unspecified atom stereocenters. The summed E-state index contributed by atoms with van der Waals surface area (Å²) in [5.41, 5.74) is 1.14. The summed E-state index contributed by atoms with van der Waals surface area (Å²) in [5, 5.41) is 13.5. The van der Waals surface area contributed by atoms with Gasteiger partial charge in [-0.3, -0.25) is 19.8 Å². The van der Waals surface area contributed by atoms with Crippen molar-refractivity contribution in [1.29, 1.82) is 0 Å². The predicted octanol–water partition coefficient (Wildman–Crippen LogP) is 1.35. The molecule has 0 spiro atoms. The number of hydrogen-bond acceptors (Lipinski definition) is 4. The van der Waals surface area contributed by atoms with Crippen LogP contribution in [0.5, 0.6) is 0 Å². The Morgan fingerprint density at radius 3 is 2.60 bits per heavy atom. The van der Waals surface area contributed by atoms with Crippen LogP contribution in [0, 0.1) is 10.1 Å². The lowest BCUT2D eigenvalue weighted by atomic mass is 10.1. The van der Waals surface area contributed by atoms with Gasteiger partial charge in [0.05, 0.1) is 11.5 Å². The lowest BCUT2D eigenvalue weighted by Crippen LogP contribution is -2.37. The van der Waals surface area contributed by atoms with E-state index < -0.39 is 4.92 Å². The Morgan fingerprint density at radius 1 is 1.40 bits per heavy atom. The van der Waals surface area contributed by atoms with Gasteiger partial charge in [0, 0.05) is 24.7 Å². The van der Waals surface area contributed by atoms with Gasteiger partial charge >= 0.3 is 0 Å². The summed E-state index contributed by atoms with van der Waals surface area (Å²) >= 11 is 0. The molecule has 0 saturated heterocycles. The van der Waals surface area contributed by atoms with Crippen LogP contribution in [0.1, 0.15) is 18.4 Å². The van der Waals surface area contributed by atoms with Crippen LogP contribution >= 0.6 is 0 Å². The van der Waals surface area contributed by atoms with Gasteiger partial charge in [0.1, 0.15) is 0 Å². The first-order valence-electron chi connectivity index (χ1n) is 6.76. The third kappa shape index (κ3) is 4.62. The van der Waals surface area contributed by atoms with E-state index in [0.717, 1.165) is 31.4 Å². The minimum absolute atomic E-state index is 0.0682. The van der Waals surface area contributed by atoms with Gasteiger partial charge in [0.2, 0.25) is 5.91 Å². The first-order valence-corrected chi connectivity index (χ1v) is 6.76. The van der Waals surface area contributed by atoms with Crippen molar-refractivity contribution in [1.82, 2.24) is 10.2 Å². The summed E-state index contributed by atoms with van der Waals surface area (Å²) in [7, 11) is 1.90. The summed E-state index contributed by atoms with van der Waals surface area (Å²) in [5.74, 6) is 0.0682. The van der Waals surface area contributed by atoms with E-state index in [1.54, 1.807) is 12.1 Å². The molecular formula is C14H19N3O3. The van der Waals surface area contributed by atoms with Gasteiger partial charge in [-0.2, -0.15) is 0 Å². The zero-order valence-corrected chi connectivity index (χ0v) is 11.5. The van der Waals surface area contributed by atoms with E-state index in [9.17, 15) is 14.9 Å². The van der Waals surface area contributed by atoms with Gasteiger partial charge in [-0.25, -0.2) is 0 Å². The summed E-state index contributed by atoms with van der Waals surface area (Å²) in [6.07, 6.45) is 2.96. The molecule has 0 heterocycles. The molecule has 0 atom stereocenters. The summed E-state index contributed by atoms with van der Waals surface area (Å²) < 4.78 is 0. The van der Waals surface area contributed by atoms with E-state index in [1.807, 2.05) is 11.9 Å². The number of hydrogen-bond donors (Lipinski definition) is 1. The van der Waals surface area contributed by atoms with E-state index in [2.05, 4.69) is 5.32 Å². The van der Waals surface area contributed by atoms with Gasteiger partial charge in [-0.05, 0) is 31.9 Å². The molecule has 1 fully saturated rings. The van der Waals surface area contributed by atoms with E-state index in [-0.39, 0.29) is 11.6 Å². The molecule has 0 aromatic heterocycles. The maximum absolute atomic E-state index is 11.6. The normalized spacial score (nSPS) is 14.3. The zero-order valence-electron chi connectivity index (χ0n) is 11.5. The summed E-state index contributed by atoms with van der Waals surface area (Å²) in [6, 6.07) is 6.93. The van der Waals surface area contributed by atoms with Crippen LogP contribution in [0.15, 0.2) is 24.3 Å². The van der Waals surface area contributed by atoms with Crippen molar-refractivity contribution in [3.05, 3.63) is 39.9 Å². The smallest absolute Gasteiger partial charge is 0.269 e. The van der Waals surface area contributed by atoms with E-state index >= 15 is 0 Å². The number of nitro benzene ring substituents is 1. The molecule has 0 radical (unpaired) electrons. The maximum Gasteiger partial charge on any atom is 0.269 e. The van der Waals surface area contributed by atoms with Crippen LogP contribution in [0.2, 0.25) is 0 Å². The molecule has 1 amide bonds. The SMILES string of the molecule is CN(CCc1ccc([N+](=O)[O-])cc1)CC(=O)NC1CC1. The second-order valence-corrected chi connectivity index (χ2v) is 5.25. The Bertz CT molecular complexity index is 483. The molecule has 108 valence electrons. The molecule has 0 aliphatic heterocycles. The van der Waals surface area contributed by atoms with Crippen molar-refractivity contribution in [3.8, 4) is 0 Å². The van der Waals surface area contributed by atoms with Crippen LogP contribution in [-0.2, 0) is 11.2 Å². The highest BCUT2D eigenvalue weighted by atomic mass is 16.6. The Hall–Kier alpha value is -1.95. The number of likely N-dealkylation sites (N-methyl/N-ethyl adjacent to an activating group) is 1. The van der Waals surface area contributed by atoms with Crippen molar-refractivity contribution in [2.24, 2.45) is 0 Å². The first-order chi connectivity index (χ1) is 9.54. The number of rotatable bonds is 7. The molecular weight excluding hydrogens is 258 g/mol. The largest absolute Gasteiger partial charge is 0.352 e. The molecule has 2 rings (SSSR count). The molecule has 6 nitrogen and oxygen atoms in total. The lowest BCUT2D eigenvalue weighted by molar-refractivity contribution is -0.384. The standard InChI is InChI=1S/C14H19N3O3/c1-16(10-14(18)15-12-4-5-12)9-8-11-2-6-13(7-3-11)17(19)20/h2-3,6-7,12H,4-5,8-10H2,1H3,(H,15,18). The second-order valence-electron chi connectivity index (χ2n) is 5.25. The van der Waals surface area contributed by atoms with Crippen molar-refractivity contribution >= 4 is 11.6 Å². The average Bonchev–Trinajstić information content (AvgIpc) is 3.20. The third-order valence-corrected chi connectivity index (χ3v) is 3.29. The Labute approximate surface area is 117 Å². The third-order valence-electron chi connectivity index (χ3n) is 3.29. The fourth-order valence-corrected chi connectivity index (χ4v) is 1.93. The minimum atomic E-state index is -0.405. The van der Waals surface area contributed by atoms with Gasteiger partial charge in [-0.15, -0.1) is 0 Å². The van der Waals surface area contributed by atoms with Crippen molar-refractivity contribution in [2.45, 2.75) is 25.3 Å². The molecule has 1 aromatic carbocycles. The van der Waals surface area contributed by atoms with Crippen LogP contribution in [0.4, 0.5) is 5.69 Å². The second kappa shape index (κ2) is 6.47. The van der Waals surface area contributed by atoms with Gasteiger partial charge in [0.25, 0.3) is 5.69 Å². The lowest BCUT2D eigenvalue weighted by Gasteiger charge is -2.16. The van der Waals surface area contributed by atoms with Gasteiger partial charge in [0.15, 0.2) is 0 Å². The highest BCUT2D eigenvalue weighted by Gasteiger charge is 2.23. The number of nitrogens with zero attached hydrogens (tertiary/aromatic N) is 2. The zero-order chi connectivity index (χ0) is 14.5. The van der Waals surface area contributed by atoms with E-state index in [0.29, 0.717) is 12.6 Å². The van der Waals surface area contributed by atoms with Gasteiger partial charge in [-0.1, -0.05) is 12.1 Å². The number of nitro groups is 1. The van der Waals surface area contributed by atoms with Gasteiger partial charge < -0.3 is 5.32 Å². The number of non-ortho nitro benzene ring substituents is 1. The number of benzene rings is 1. The Balaban J connectivity index is 1.72. The van der Waals surface area contributed by atoms with Crippen LogP contribution in [-0.4, -0.2) is 41.9 Å². The van der Waals surface area contributed by atoms with E-state index in [4.69, 9.17) is 0 Å². The quantitative estimate of drug-likeness (QED) is 0.603. The number of nitrogens with one attached hydrogen (secondary N) is 1. The number of carbonyl (C=O) groups is 1. The topological polar surface area (TPSA) is 75.5 Å². The predicted molar refractivity (Wildman–Crippen MR) is 75.5 cm³/mol. The molecule has 1 saturated carbocycles. The van der Waals surface area contributed by atoms with Crippen molar-refractivity contribution in [3.63, 3.8) is 0 Å². The minimum Gasteiger partial charge on any atom is -0.352 e. The first kappa shape index (κ1) is 14.5. The molecule has 1 aliphatic rings.